The lowest BCUT2D eigenvalue weighted by Gasteiger charge is -2.27. The number of fused-ring (bicyclic) bond motifs is 3. The molecule has 188 valence electrons. The number of unbranched alkanes of at least 4 members (excludes halogenated alkanes) is 1. The van der Waals surface area contributed by atoms with Crippen LogP contribution in [-0.4, -0.2) is 23.9 Å². The molecule has 0 unspecified atom stereocenters. The van der Waals surface area contributed by atoms with E-state index >= 15 is 0 Å². The van der Waals surface area contributed by atoms with Crippen LogP contribution >= 0.6 is 0 Å². The normalized spacial score (nSPS) is 19.6. The summed E-state index contributed by atoms with van der Waals surface area (Å²) in [5.41, 5.74) is 6.15. The molecule has 3 aromatic rings. The van der Waals surface area contributed by atoms with Crippen LogP contribution in [-0.2, 0) is 5.41 Å². The van der Waals surface area contributed by atoms with Crippen molar-refractivity contribution in [3.05, 3.63) is 130 Å². The van der Waals surface area contributed by atoms with E-state index in [2.05, 4.69) is 49.9 Å². The van der Waals surface area contributed by atoms with Gasteiger partial charge in [0.05, 0.1) is 5.57 Å². The largest absolute Gasteiger partial charge is 0.344 e. The molecule has 1 heterocycles. The number of rotatable bonds is 4. The summed E-state index contributed by atoms with van der Waals surface area (Å²) in [5.74, 6) is -0.798. The van der Waals surface area contributed by atoms with Gasteiger partial charge in [0.25, 0.3) is 0 Å². The molecule has 0 N–H and O–H groups in total. The van der Waals surface area contributed by atoms with Crippen molar-refractivity contribution in [2.45, 2.75) is 39.0 Å². The van der Waals surface area contributed by atoms with Gasteiger partial charge in [0.2, 0.25) is 0 Å². The Bertz CT molecular complexity index is 1600. The molecule has 3 aromatic carbocycles. The van der Waals surface area contributed by atoms with E-state index in [0.29, 0.717) is 33.4 Å². The number of benzene rings is 3. The van der Waals surface area contributed by atoms with E-state index in [9.17, 15) is 14.4 Å². The van der Waals surface area contributed by atoms with Gasteiger partial charge in [0, 0.05) is 51.2 Å². The van der Waals surface area contributed by atoms with E-state index in [1.807, 2.05) is 30.4 Å². The zero-order valence-corrected chi connectivity index (χ0v) is 21.9. The molecule has 0 saturated heterocycles. The van der Waals surface area contributed by atoms with E-state index in [1.54, 1.807) is 30.3 Å². The van der Waals surface area contributed by atoms with Crippen LogP contribution in [0.15, 0.2) is 102 Å². The Labute approximate surface area is 223 Å². The van der Waals surface area contributed by atoms with Gasteiger partial charge >= 0.3 is 0 Å². The lowest BCUT2D eigenvalue weighted by molar-refractivity contribution is 0.0989. The predicted octanol–water partition coefficient (Wildman–Crippen LogP) is 7.12. The summed E-state index contributed by atoms with van der Waals surface area (Å²) in [4.78, 5) is 43.1. The Morgan fingerprint density at radius 3 is 1.87 bits per heavy atom. The molecule has 1 aliphatic heterocycles. The highest BCUT2D eigenvalue weighted by atomic mass is 16.2. The lowest BCUT2D eigenvalue weighted by Crippen LogP contribution is -2.27. The molecule has 0 saturated carbocycles. The second kappa shape index (κ2) is 8.91. The number of hydrogen-bond donors (Lipinski definition) is 0. The van der Waals surface area contributed by atoms with Crippen molar-refractivity contribution in [2.24, 2.45) is 0 Å². The molecule has 0 bridgehead atoms. The minimum Gasteiger partial charge on any atom is -0.344 e. The van der Waals surface area contributed by atoms with Crippen LogP contribution in [0.4, 0.5) is 5.69 Å². The number of anilines is 1. The fourth-order valence-electron chi connectivity index (χ4n) is 6.07. The van der Waals surface area contributed by atoms with Gasteiger partial charge in [0.1, 0.15) is 0 Å². The average Bonchev–Trinajstić information content (AvgIpc) is 3.44. The van der Waals surface area contributed by atoms with Gasteiger partial charge < -0.3 is 4.90 Å². The first-order valence-corrected chi connectivity index (χ1v) is 13.2. The van der Waals surface area contributed by atoms with Crippen molar-refractivity contribution in [1.29, 1.82) is 0 Å². The third-order valence-electron chi connectivity index (χ3n) is 8.02. The Morgan fingerprint density at radius 2 is 1.24 bits per heavy atom. The Hall–Kier alpha value is -4.31. The Morgan fingerprint density at radius 1 is 0.684 bits per heavy atom. The summed E-state index contributed by atoms with van der Waals surface area (Å²) in [5, 5.41) is 0. The molecule has 2 aliphatic carbocycles. The predicted molar refractivity (Wildman–Crippen MR) is 151 cm³/mol. The molecule has 0 radical (unpaired) electrons. The van der Waals surface area contributed by atoms with Crippen molar-refractivity contribution in [3.63, 3.8) is 0 Å². The Balaban J connectivity index is 1.55. The Kier molecular flexibility index (Phi) is 5.64. The maximum Gasteiger partial charge on any atom is 0.198 e. The lowest BCUT2D eigenvalue weighted by atomic mass is 9.83. The van der Waals surface area contributed by atoms with Crippen LogP contribution in [0.3, 0.4) is 0 Å². The van der Waals surface area contributed by atoms with Gasteiger partial charge in [-0.25, -0.2) is 0 Å². The number of ketones is 3. The van der Waals surface area contributed by atoms with Gasteiger partial charge in [-0.15, -0.1) is 0 Å². The van der Waals surface area contributed by atoms with E-state index in [0.717, 1.165) is 25.1 Å². The number of hydrogen-bond acceptors (Lipinski definition) is 4. The maximum atomic E-state index is 13.7. The van der Waals surface area contributed by atoms with Crippen molar-refractivity contribution in [1.82, 2.24) is 0 Å². The summed E-state index contributed by atoms with van der Waals surface area (Å²) < 4.78 is 0. The first kappa shape index (κ1) is 24.1. The van der Waals surface area contributed by atoms with E-state index < -0.39 is 0 Å². The molecular formula is C34H29NO3. The number of para-hydroxylation sites is 1. The minimum absolute atomic E-state index is 0.0888. The zero-order valence-electron chi connectivity index (χ0n) is 21.9. The van der Waals surface area contributed by atoms with E-state index in [1.165, 1.54) is 11.3 Å². The van der Waals surface area contributed by atoms with Crippen LogP contribution < -0.4 is 4.90 Å². The summed E-state index contributed by atoms with van der Waals surface area (Å²) in [6, 6.07) is 22.6. The van der Waals surface area contributed by atoms with E-state index in [-0.39, 0.29) is 28.3 Å². The standard InChI is InChI=1S/C34H29NO3/c1-4-5-20-35-27-17-11-10-16-26(27)34(2,3)28(35)19-18-25-29(21-12-6-7-13-22(21)31(25)36)30-32(37)23-14-8-9-15-24(23)33(30)38/h6-19H,4-5,20H2,1-3H3/b25-18+,28-19-. The van der Waals surface area contributed by atoms with Gasteiger partial charge in [0.15, 0.2) is 17.3 Å². The summed E-state index contributed by atoms with van der Waals surface area (Å²) in [6.45, 7) is 7.46. The molecule has 0 aromatic heterocycles. The molecule has 0 amide bonds. The first-order chi connectivity index (χ1) is 18.4. The number of carbonyl (C=O) groups excluding carboxylic acids is 3. The molecular weight excluding hydrogens is 470 g/mol. The number of Topliss-reactive ketones (excluding diaryl/α,β-unsaturated/α-hetero) is 3. The first-order valence-electron chi connectivity index (χ1n) is 13.2. The number of nitrogens with zero attached hydrogens (tertiary/aromatic N) is 1. The summed E-state index contributed by atoms with van der Waals surface area (Å²) in [7, 11) is 0. The summed E-state index contributed by atoms with van der Waals surface area (Å²) in [6.07, 6.45) is 5.96. The SMILES string of the molecule is CCCCN1/C(=C\C=C2\C(=O)c3ccccc3C2=C2C(=O)c3ccccc3C2=O)C(C)(C)c2ccccc21. The molecule has 0 atom stereocenters. The fraction of sp³-hybridized carbons (Fsp3) is 0.206. The highest BCUT2D eigenvalue weighted by Gasteiger charge is 2.42. The molecule has 6 rings (SSSR count). The fourth-order valence-corrected chi connectivity index (χ4v) is 6.07. The third kappa shape index (κ3) is 3.40. The van der Waals surface area contributed by atoms with Crippen LogP contribution in [0.2, 0.25) is 0 Å². The molecule has 0 spiro atoms. The second-order valence-electron chi connectivity index (χ2n) is 10.6. The molecule has 3 aliphatic rings. The van der Waals surface area contributed by atoms with Crippen molar-refractivity contribution >= 4 is 28.6 Å². The van der Waals surface area contributed by atoms with Gasteiger partial charge in [-0.3, -0.25) is 14.4 Å². The van der Waals surface area contributed by atoms with Crippen molar-refractivity contribution in [2.75, 3.05) is 11.4 Å². The van der Waals surface area contributed by atoms with E-state index in [4.69, 9.17) is 0 Å². The summed E-state index contributed by atoms with van der Waals surface area (Å²) >= 11 is 0. The molecule has 38 heavy (non-hydrogen) atoms. The quantitative estimate of drug-likeness (QED) is 0.283. The van der Waals surface area contributed by atoms with Gasteiger partial charge in [-0.2, -0.15) is 0 Å². The maximum absolute atomic E-state index is 13.7. The smallest absolute Gasteiger partial charge is 0.198 e. The number of allylic oxidation sites excluding steroid dienone is 6. The van der Waals surface area contributed by atoms with Gasteiger partial charge in [-0.05, 0) is 35.8 Å². The van der Waals surface area contributed by atoms with Crippen LogP contribution in [0, 0.1) is 0 Å². The van der Waals surface area contributed by atoms with Crippen LogP contribution in [0.25, 0.3) is 5.57 Å². The highest BCUT2D eigenvalue weighted by molar-refractivity contribution is 6.46. The molecule has 4 nitrogen and oxygen atoms in total. The molecule has 4 heteroatoms. The molecule has 0 fully saturated rings. The topological polar surface area (TPSA) is 54.5 Å². The van der Waals surface area contributed by atoms with Crippen molar-refractivity contribution in [3.8, 4) is 0 Å². The monoisotopic (exact) mass is 499 g/mol. The average molecular weight is 500 g/mol. The zero-order chi connectivity index (χ0) is 26.6. The second-order valence-corrected chi connectivity index (χ2v) is 10.6. The van der Waals surface area contributed by atoms with Gasteiger partial charge in [-0.1, -0.05) is 93.9 Å². The van der Waals surface area contributed by atoms with Crippen LogP contribution in [0.5, 0.6) is 0 Å². The van der Waals surface area contributed by atoms with Crippen molar-refractivity contribution < 1.29 is 14.4 Å². The third-order valence-corrected chi connectivity index (χ3v) is 8.02. The highest BCUT2D eigenvalue weighted by Crippen LogP contribution is 2.48. The number of carbonyl (C=O) groups is 3. The van der Waals surface area contributed by atoms with Crippen LogP contribution in [0.1, 0.15) is 75.8 Å². The minimum atomic E-state index is -0.318.